The van der Waals surface area contributed by atoms with E-state index < -0.39 is 34.0 Å². The summed E-state index contributed by atoms with van der Waals surface area (Å²) in [5, 5.41) is 25.2. The molecule has 12 nitrogen and oxygen atoms in total. The quantitative estimate of drug-likeness (QED) is 0.138. The molecule has 0 spiro atoms. The molecule has 0 saturated heterocycles. The van der Waals surface area contributed by atoms with Crippen LogP contribution in [0.15, 0.2) is 77.7 Å². The van der Waals surface area contributed by atoms with E-state index in [0.29, 0.717) is 18.7 Å². The van der Waals surface area contributed by atoms with Gasteiger partial charge in [-0.25, -0.2) is 13.4 Å². The number of carbonyl (C=O) groups excluding carboxylic acids is 3. The fourth-order valence-corrected chi connectivity index (χ4v) is 6.05. The molecule has 0 radical (unpaired) electrons. The van der Waals surface area contributed by atoms with Crippen LogP contribution in [0.5, 0.6) is 5.75 Å². The van der Waals surface area contributed by atoms with Gasteiger partial charge in [-0.1, -0.05) is 51.1 Å². The van der Waals surface area contributed by atoms with Gasteiger partial charge in [-0.05, 0) is 67.3 Å². The topological polar surface area (TPSA) is 182 Å². The van der Waals surface area contributed by atoms with E-state index in [9.17, 15) is 33.0 Å². The van der Waals surface area contributed by atoms with Crippen LogP contribution in [-0.2, 0) is 16.4 Å². The molecule has 3 rings (SSSR count). The normalized spacial score (nSPS) is 12.8. The average molecular weight is 654 g/mol. The van der Waals surface area contributed by atoms with Crippen LogP contribution >= 0.6 is 0 Å². The molecule has 2 atom stereocenters. The standard InChI is InChI=1S/C33H43N5O7S/c1-4-16-37(17-5-2)33(43)26-20-24(31(34)41)19-25(21-26)32(42)35-29(18-23-12-14-27(39)15-13-23)30(40)22-38(6-3)36-46(44,45)28-10-8-7-9-11-28/h7-15,19-21,29-30,36,39-40H,4-6,16-18,22H2,1-3H3,(H2,34,41)(H,35,42). The van der Waals surface area contributed by atoms with Crippen LogP contribution in [0.4, 0.5) is 0 Å². The van der Waals surface area contributed by atoms with Gasteiger partial charge in [0.05, 0.1) is 17.0 Å². The molecule has 0 aliphatic carbocycles. The number of hydrazine groups is 1. The SMILES string of the molecule is CCCN(CCC)C(=O)c1cc(C(N)=O)cc(C(=O)NC(Cc2ccc(O)cc2)C(O)CN(CC)NS(=O)(=O)c2ccccc2)c1. The molecule has 0 saturated carbocycles. The molecule has 3 aromatic carbocycles. The summed E-state index contributed by atoms with van der Waals surface area (Å²) in [7, 11) is -3.94. The van der Waals surface area contributed by atoms with Crippen LogP contribution in [0.25, 0.3) is 0 Å². The number of amides is 3. The van der Waals surface area contributed by atoms with Crippen LogP contribution in [0.1, 0.15) is 70.3 Å². The second-order valence-electron chi connectivity index (χ2n) is 10.9. The molecule has 248 valence electrons. The largest absolute Gasteiger partial charge is 0.508 e. The van der Waals surface area contributed by atoms with E-state index in [1.165, 1.54) is 47.5 Å². The Kier molecular flexibility index (Phi) is 13.2. The van der Waals surface area contributed by atoms with Crippen molar-refractivity contribution in [2.45, 2.75) is 57.1 Å². The molecule has 3 amide bonds. The van der Waals surface area contributed by atoms with E-state index in [2.05, 4.69) is 10.1 Å². The lowest BCUT2D eigenvalue weighted by atomic mass is 9.99. The van der Waals surface area contributed by atoms with Crippen molar-refractivity contribution < 1.29 is 33.0 Å². The molecule has 0 bridgehead atoms. The molecule has 0 fully saturated rings. The van der Waals surface area contributed by atoms with Crippen LogP contribution in [0.2, 0.25) is 0 Å². The lowest BCUT2D eigenvalue weighted by molar-refractivity contribution is 0.0635. The molecule has 0 heterocycles. The number of primary amides is 1. The van der Waals surface area contributed by atoms with Gasteiger partial charge in [0.1, 0.15) is 5.75 Å². The van der Waals surface area contributed by atoms with Gasteiger partial charge in [0.15, 0.2) is 0 Å². The third kappa shape index (κ3) is 10.1. The highest BCUT2D eigenvalue weighted by molar-refractivity contribution is 7.89. The van der Waals surface area contributed by atoms with Crippen LogP contribution in [-0.4, -0.2) is 84.6 Å². The summed E-state index contributed by atoms with van der Waals surface area (Å²) >= 11 is 0. The van der Waals surface area contributed by atoms with Crippen LogP contribution in [0, 0.1) is 0 Å². The second kappa shape index (κ2) is 16.9. The first-order valence-electron chi connectivity index (χ1n) is 15.2. The highest BCUT2D eigenvalue weighted by atomic mass is 32.2. The minimum atomic E-state index is -3.94. The lowest BCUT2D eigenvalue weighted by Gasteiger charge is -2.30. The van der Waals surface area contributed by atoms with Crippen molar-refractivity contribution in [1.29, 1.82) is 0 Å². The van der Waals surface area contributed by atoms with Crippen molar-refractivity contribution in [3.63, 3.8) is 0 Å². The van der Waals surface area contributed by atoms with Gasteiger partial charge in [0.2, 0.25) is 5.91 Å². The predicted octanol–water partition coefficient (Wildman–Crippen LogP) is 2.67. The second-order valence-corrected chi connectivity index (χ2v) is 12.6. The predicted molar refractivity (Wildman–Crippen MR) is 175 cm³/mol. The molecule has 0 aliphatic heterocycles. The van der Waals surface area contributed by atoms with Gasteiger partial charge in [-0.15, -0.1) is 4.83 Å². The molecule has 3 aromatic rings. The number of hydrogen-bond acceptors (Lipinski definition) is 8. The minimum Gasteiger partial charge on any atom is -0.508 e. The first-order chi connectivity index (χ1) is 21.9. The van der Waals surface area contributed by atoms with Gasteiger partial charge in [-0.3, -0.25) is 14.4 Å². The molecular weight excluding hydrogens is 610 g/mol. The Labute approximate surface area is 270 Å². The van der Waals surface area contributed by atoms with E-state index in [1.807, 2.05) is 13.8 Å². The van der Waals surface area contributed by atoms with Crippen molar-refractivity contribution in [3.05, 3.63) is 95.1 Å². The number of phenols is 1. The van der Waals surface area contributed by atoms with E-state index >= 15 is 0 Å². The summed E-state index contributed by atoms with van der Waals surface area (Å²) in [6.07, 6.45) is 0.267. The number of nitrogens with one attached hydrogen (secondary N) is 2. The fraction of sp³-hybridized carbons (Fsp3) is 0.364. The number of carbonyl (C=O) groups is 3. The summed E-state index contributed by atoms with van der Waals surface area (Å²) < 4.78 is 25.9. The maximum Gasteiger partial charge on any atom is 0.253 e. The Morgan fingerprint density at radius 2 is 1.46 bits per heavy atom. The summed E-state index contributed by atoms with van der Waals surface area (Å²) in [5.41, 5.74) is 6.33. The first kappa shape index (κ1) is 36.2. The zero-order valence-electron chi connectivity index (χ0n) is 26.3. The Balaban J connectivity index is 1.91. The number of sulfonamides is 1. The Morgan fingerprint density at radius 1 is 0.870 bits per heavy atom. The van der Waals surface area contributed by atoms with Crippen LogP contribution in [0.3, 0.4) is 0 Å². The number of hydrogen-bond donors (Lipinski definition) is 5. The number of nitrogens with zero attached hydrogens (tertiary/aromatic N) is 2. The number of benzene rings is 3. The van der Waals surface area contributed by atoms with Gasteiger partial charge in [0.25, 0.3) is 21.8 Å². The molecule has 6 N–H and O–H groups in total. The fourth-order valence-electron chi connectivity index (χ4n) is 4.89. The van der Waals surface area contributed by atoms with Crippen molar-refractivity contribution in [2.24, 2.45) is 5.73 Å². The van der Waals surface area contributed by atoms with Crippen LogP contribution < -0.4 is 15.9 Å². The number of nitrogens with two attached hydrogens (primary N) is 1. The summed E-state index contributed by atoms with van der Waals surface area (Å²) in [6, 6.07) is 17.1. The number of rotatable bonds is 17. The zero-order chi connectivity index (χ0) is 33.9. The van der Waals surface area contributed by atoms with E-state index in [0.717, 1.165) is 12.8 Å². The van der Waals surface area contributed by atoms with Gasteiger partial charge >= 0.3 is 0 Å². The Morgan fingerprint density at radius 3 is 2.02 bits per heavy atom. The summed E-state index contributed by atoms with van der Waals surface area (Å²) in [5.74, 6) is -1.79. The number of phenolic OH excluding ortho intramolecular Hbond substituents is 1. The number of aliphatic hydroxyl groups excluding tert-OH is 1. The molecule has 13 heteroatoms. The van der Waals surface area contributed by atoms with Gasteiger partial charge in [0, 0.05) is 42.9 Å². The maximum atomic E-state index is 13.7. The van der Waals surface area contributed by atoms with Crippen molar-refractivity contribution >= 4 is 27.7 Å². The maximum absolute atomic E-state index is 13.7. The molecule has 46 heavy (non-hydrogen) atoms. The molecule has 0 aliphatic rings. The zero-order valence-corrected chi connectivity index (χ0v) is 27.2. The van der Waals surface area contributed by atoms with E-state index in [4.69, 9.17) is 5.73 Å². The third-order valence-electron chi connectivity index (χ3n) is 7.27. The minimum absolute atomic E-state index is 0.00682. The summed E-state index contributed by atoms with van der Waals surface area (Å²) in [4.78, 5) is 43.4. The highest BCUT2D eigenvalue weighted by Gasteiger charge is 2.27. The Hall–Kier alpha value is -4.30. The highest BCUT2D eigenvalue weighted by Crippen LogP contribution is 2.17. The van der Waals surface area contributed by atoms with Crippen molar-refractivity contribution in [2.75, 3.05) is 26.2 Å². The average Bonchev–Trinajstić information content (AvgIpc) is 3.04. The van der Waals surface area contributed by atoms with E-state index in [1.54, 1.807) is 42.2 Å². The van der Waals surface area contributed by atoms with Crippen molar-refractivity contribution in [3.8, 4) is 5.75 Å². The van der Waals surface area contributed by atoms with Gasteiger partial charge < -0.3 is 26.2 Å². The monoisotopic (exact) mass is 653 g/mol. The summed E-state index contributed by atoms with van der Waals surface area (Å²) in [6.45, 7) is 6.60. The lowest BCUT2D eigenvalue weighted by Crippen LogP contribution is -2.53. The molecule has 0 aromatic heterocycles. The molecule has 2 unspecified atom stereocenters. The third-order valence-corrected chi connectivity index (χ3v) is 8.66. The molecular formula is C33H43N5O7S. The van der Waals surface area contributed by atoms with Crippen molar-refractivity contribution in [1.82, 2.24) is 20.1 Å². The number of likely N-dealkylation sites (N-methyl/N-ethyl adjacent to an activating group) is 1. The van der Waals surface area contributed by atoms with E-state index in [-0.39, 0.29) is 52.8 Å². The Bertz CT molecular complexity index is 1580. The smallest absolute Gasteiger partial charge is 0.253 e. The first-order valence-corrected chi connectivity index (χ1v) is 16.7. The number of aliphatic hydroxyl groups is 1. The number of aromatic hydroxyl groups is 1. The van der Waals surface area contributed by atoms with Gasteiger partial charge in [-0.2, -0.15) is 0 Å².